The lowest BCUT2D eigenvalue weighted by Gasteiger charge is -1.99. The van der Waals surface area contributed by atoms with E-state index in [9.17, 15) is 13.2 Å². The fourth-order valence-electron chi connectivity index (χ4n) is 0.975. The van der Waals surface area contributed by atoms with Crippen molar-refractivity contribution in [1.29, 1.82) is 0 Å². The Morgan fingerprint density at radius 3 is 2.00 bits per heavy atom. The monoisotopic (exact) mass is 200 g/mol. The number of halogens is 3. The number of hydrogen-bond donors (Lipinski definition) is 0. The van der Waals surface area contributed by atoms with Crippen LogP contribution in [0.1, 0.15) is 19.4 Å². The zero-order chi connectivity index (χ0) is 10.7. The van der Waals surface area contributed by atoms with Crippen LogP contribution in [0.3, 0.4) is 0 Å². The van der Waals surface area contributed by atoms with E-state index in [4.69, 9.17) is 0 Å². The molecule has 3 heteroatoms. The first-order chi connectivity index (χ1) is 6.50. The lowest BCUT2D eigenvalue weighted by Crippen LogP contribution is -1.91. The maximum Gasteiger partial charge on any atom is 0.194 e. The first-order valence-electron chi connectivity index (χ1n) is 4.33. The molecule has 0 N–H and O–H groups in total. The quantitative estimate of drug-likeness (QED) is 0.637. The average Bonchev–Trinajstić information content (AvgIpc) is 2.10. The van der Waals surface area contributed by atoms with Crippen molar-refractivity contribution < 1.29 is 13.2 Å². The molecule has 0 aliphatic heterocycles. The van der Waals surface area contributed by atoms with Gasteiger partial charge in [-0.3, -0.25) is 0 Å². The lowest BCUT2D eigenvalue weighted by atomic mass is 10.1. The Morgan fingerprint density at radius 1 is 1.07 bits per heavy atom. The third-order valence-corrected chi connectivity index (χ3v) is 1.68. The van der Waals surface area contributed by atoms with Crippen LogP contribution in [0.5, 0.6) is 0 Å². The second kappa shape index (κ2) is 4.31. The van der Waals surface area contributed by atoms with Crippen molar-refractivity contribution in [2.24, 2.45) is 5.92 Å². The van der Waals surface area contributed by atoms with Crippen molar-refractivity contribution in [2.75, 3.05) is 0 Å². The molecule has 14 heavy (non-hydrogen) atoms. The number of benzene rings is 1. The van der Waals surface area contributed by atoms with Crippen molar-refractivity contribution in [3.63, 3.8) is 0 Å². The summed E-state index contributed by atoms with van der Waals surface area (Å²) in [5.41, 5.74) is 0.329. The second-order valence-corrected chi connectivity index (χ2v) is 3.40. The Labute approximate surface area is 81.1 Å². The predicted octanol–water partition coefficient (Wildman–Crippen LogP) is 3.77. The highest BCUT2D eigenvalue weighted by molar-refractivity contribution is 5.49. The first-order valence-corrected chi connectivity index (χ1v) is 4.33. The maximum absolute atomic E-state index is 12.7. The number of rotatable bonds is 2. The molecular formula is C11H11F3. The van der Waals surface area contributed by atoms with Crippen LogP contribution >= 0.6 is 0 Å². The van der Waals surface area contributed by atoms with E-state index in [0.717, 1.165) is 12.1 Å². The standard InChI is InChI=1S/C11H11F3/c1-7(2)3-4-8-5-9(12)11(14)10(13)6-8/h3-7H,1-2H3/b4-3+. The molecule has 0 saturated carbocycles. The van der Waals surface area contributed by atoms with Crippen LogP contribution in [0.2, 0.25) is 0 Å². The van der Waals surface area contributed by atoms with Gasteiger partial charge in [0.1, 0.15) is 0 Å². The molecule has 1 rings (SSSR count). The van der Waals surface area contributed by atoms with Crippen LogP contribution in [0, 0.1) is 23.4 Å². The molecule has 0 atom stereocenters. The van der Waals surface area contributed by atoms with E-state index < -0.39 is 17.5 Å². The van der Waals surface area contributed by atoms with E-state index in [1.54, 1.807) is 12.2 Å². The van der Waals surface area contributed by atoms with E-state index in [2.05, 4.69) is 0 Å². The van der Waals surface area contributed by atoms with E-state index in [1.165, 1.54) is 0 Å². The largest absolute Gasteiger partial charge is 0.204 e. The summed E-state index contributed by atoms with van der Waals surface area (Å²) in [6.45, 7) is 3.87. The topological polar surface area (TPSA) is 0 Å². The molecule has 1 aromatic carbocycles. The maximum atomic E-state index is 12.7. The first kappa shape index (κ1) is 10.8. The van der Waals surface area contributed by atoms with Gasteiger partial charge in [-0.1, -0.05) is 26.0 Å². The van der Waals surface area contributed by atoms with Gasteiger partial charge < -0.3 is 0 Å². The molecule has 0 aliphatic rings. The summed E-state index contributed by atoms with van der Waals surface area (Å²) in [6.07, 6.45) is 3.35. The van der Waals surface area contributed by atoms with E-state index in [0.29, 0.717) is 5.56 Å². The Kier molecular flexibility index (Phi) is 3.33. The van der Waals surface area contributed by atoms with Gasteiger partial charge in [-0.25, -0.2) is 13.2 Å². The van der Waals surface area contributed by atoms with Crippen LogP contribution in [0.15, 0.2) is 18.2 Å². The van der Waals surface area contributed by atoms with Crippen molar-refractivity contribution >= 4 is 6.08 Å². The van der Waals surface area contributed by atoms with Gasteiger partial charge in [-0.2, -0.15) is 0 Å². The molecule has 0 spiro atoms. The molecular weight excluding hydrogens is 189 g/mol. The van der Waals surface area contributed by atoms with Crippen molar-refractivity contribution in [3.8, 4) is 0 Å². The minimum absolute atomic E-state index is 0.283. The summed E-state index contributed by atoms with van der Waals surface area (Å²) in [4.78, 5) is 0. The summed E-state index contributed by atoms with van der Waals surface area (Å²) in [5.74, 6) is -3.46. The Hall–Kier alpha value is -1.25. The molecule has 0 nitrogen and oxygen atoms in total. The van der Waals surface area contributed by atoms with Gasteiger partial charge in [0.05, 0.1) is 0 Å². The van der Waals surface area contributed by atoms with Gasteiger partial charge in [0, 0.05) is 0 Å². The highest BCUT2D eigenvalue weighted by atomic mass is 19.2. The summed E-state index contributed by atoms with van der Waals surface area (Å²) in [7, 11) is 0. The molecule has 76 valence electrons. The average molecular weight is 200 g/mol. The summed E-state index contributed by atoms with van der Waals surface area (Å²) < 4.78 is 38.0. The predicted molar refractivity (Wildman–Crippen MR) is 50.2 cm³/mol. The van der Waals surface area contributed by atoms with Gasteiger partial charge in [0.25, 0.3) is 0 Å². The fraction of sp³-hybridized carbons (Fsp3) is 0.273. The molecule has 0 unspecified atom stereocenters. The third-order valence-electron chi connectivity index (χ3n) is 1.68. The summed E-state index contributed by atoms with van der Waals surface area (Å²) in [6, 6.07) is 1.94. The van der Waals surface area contributed by atoms with Crippen LogP contribution in [0.4, 0.5) is 13.2 Å². The van der Waals surface area contributed by atoms with Gasteiger partial charge >= 0.3 is 0 Å². The van der Waals surface area contributed by atoms with E-state index in [1.807, 2.05) is 13.8 Å². The number of allylic oxidation sites excluding steroid dienone is 1. The van der Waals surface area contributed by atoms with Crippen LogP contribution in [-0.4, -0.2) is 0 Å². The molecule has 0 heterocycles. The lowest BCUT2D eigenvalue weighted by molar-refractivity contribution is 0.447. The molecule has 0 saturated heterocycles. The van der Waals surface area contributed by atoms with Gasteiger partial charge in [0.2, 0.25) is 0 Å². The van der Waals surface area contributed by atoms with E-state index >= 15 is 0 Å². The second-order valence-electron chi connectivity index (χ2n) is 3.40. The smallest absolute Gasteiger partial charge is 0.194 e. The normalized spacial score (nSPS) is 11.6. The van der Waals surface area contributed by atoms with Crippen LogP contribution < -0.4 is 0 Å². The molecule has 0 radical (unpaired) electrons. The van der Waals surface area contributed by atoms with Crippen molar-refractivity contribution in [1.82, 2.24) is 0 Å². The fourth-order valence-corrected chi connectivity index (χ4v) is 0.975. The molecule has 0 aromatic heterocycles. The van der Waals surface area contributed by atoms with Crippen molar-refractivity contribution in [3.05, 3.63) is 41.2 Å². The van der Waals surface area contributed by atoms with Crippen LogP contribution in [0.25, 0.3) is 6.08 Å². The SMILES string of the molecule is CC(C)/C=C/c1cc(F)c(F)c(F)c1. The van der Waals surface area contributed by atoms with E-state index in [-0.39, 0.29) is 5.92 Å². The Balaban J connectivity index is 3.01. The summed E-state index contributed by atoms with van der Waals surface area (Å²) in [5, 5.41) is 0. The highest BCUT2D eigenvalue weighted by Crippen LogP contribution is 2.15. The van der Waals surface area contributed by atoms with Crippen molar-refractivity contribution in [2.45, 2.75) is 13.8 Å². The minimum atomic E-state index is -1.42. The molecule has 0 aliphatic carbocycles. The third kappa shape index (κ3) is 2.62. The summed E-state index contributed by atoms with van der Waals surface area (Å²) >= 11 is 0. The zero-order valence-electron chi connectivity index (χ0n) is 8.02. The molecule has 0 amide bonds. The minimum Gasteiger partial charge on any atom is -0.204 e. The Bertz CT molecular complexity index is 331. The molecule has 0 fully saturated rings. The molecule has 1 aromatic rings. The van der Waals surface area contributed by atoms with Gasteiger partial charge in [-0.15, -0.1) is 0 Å². The van der Waals surface area contributed by atoms with Gasteiger partial charge in [-0.05, 0) is 23.6 Å². The Morgan fingerprint density at radius 2 is 1.57 bits per heavy atom. The highest BCUT2D eigenvalue weighted by Gasteiger charge is 2.08. The zero-order valence-corrected chi connectivity index (χ0v) is 8.02. The van der Waals surface area contributed by atoms with Gasteiger partial charge in [0.15, 0.2) is 17.5 Å². The van der Waals surface area contributed by atoms with Crippen LogP contribution in [-0.2, 0) is 0 Å². The number of hydrogen-bond acceptors (Lipinski definition) is 0. The molecule has 0 bridgehead atoms.